The maximum absolute atomic E-state index is 4.20. The lowest BCUT2D eigenvalue weighted by Gasteiger charge is -2.16. The molecule has 21 heavy (non-hydrogen) atoms. The summed E-state index contributed by atoms with van der Waals surface area (Å²) in [5.41, 5.74) is 2.51. The largest absolute Gasteiger partial charge is 0.306 e. The predicted octanol–water partition coefficient (Wildman–Crippen LogP) is 4.85. The first-order chi connectivity index (χ1) is 10.2. The summed E-state index contributed by atoms with van der Waals surface area (Å²) in [6, 6.07) is 17.4. The van der Waals surface area contributed by atoms with Gasteiger partial charge in [0.1, 0.15) is 0 Å². The number of nitrogens with zero attached hydrogens (tertiary/aromatic N) is 1. The van der Waals surface area contributed by atoms with E-state index in [0.717, 1.165) is 11.0 Å². The maximum Gasteiger partial charge on any atom is 0.0410 e. The summed E-state index contributed by atoms with van der Waals surface area (Å²) in [6.07, 6.45) is 3.70. The monoisotopic (exact) mass is 340 g/mol. The average Bonchev–Trinajstić information content (AvgIpc) is 2.52. The molecule has 0 bridgehead atoms. The second kappa shape index (κ2) is 6.37. The van der Waals surface area contributed by atoms with Crippen molar-refractivity contribution in [1.29, 1.82) is 0 Å². The molecule has 1 atom stereocenters. The van der Waals surface area contributed by atoms with E-state index >= 15 is 0 Å². The molecule has 0 amide bonds. The fourth-order valence-corrected chi connectivity index (χ4v) is 2.97. The molecule has 0 saturated carbocycles. The quantitative estimate of drug-likeness (QED) is 0.734. The van der Waals surface area contributed by atoms with Gasteiger partial charge in [0.2, 0.25) is 0 Å². The lowest BCUT2D eigenvalue weighted by Crippen LogP contribution is -2.18. The molecule has 0 spiro atoms. The van der Waals surface area contributed by atoms with Crippen LogP contribution in [-0.4, -0.2) is 4.98 Å². The molecular formula is C18H17BrN2. The number of aromatic nitrogens is 1. The van der Waals surface area contributed by atoms with Gasteiger partial charge >= 0.3 is 0 Å². The number of fused-ring (bicyclic) bond motifs is 1. The standard InChI is InChI=1S/C18H17BrN2/c1-13(21-11-14-9-16(19)12-20-10-14)17-8-4-6-15-5-2-3-7-18(15)17/h2-10,12-13,21H,11H2,1H3. The first-order valence-corrected chi connectivity index (χ1v) is 7.84. The van der Waals surface area contributed by atoms with Gasteiger partial charge in [-0.15, -0.1) is 0 Å². The molecule has 1 heterocycles. The zero-order valence-corrected chi connectivity index (χ0v) is 13.5. The van der Waals surface area contributed by atoms with Crippen LogP contribution in [0, 0.1) is 0 Å². The molecule has 3 heteroatoms. The summed E-state index contributed by atoms with van der Waals surface area (Å²) in [7, 11) is 0. The molecule has 3 aromatic rings. The van der Waals surface area contributed by atoms with Crippen molar-refractivity contribution in [2.75, 3.05) is 0 Å². The number of hydrogen-bond donors (Lipinski definition) is 1. The van der Waals surface area contributed by atoms with Crippen molar-refractivity contribution in [1.82, 2.24) is 10.3 Å². The minimum absolute atomic E-state index is 0.287. The van der Waals surface area contributed by atoms with Crippen LogP contribution in [0.3, 0.4) is 0 Å². The highest BCUT2D eigenvalue weighted by atomic mass is 79.9. The van der Waals surface area contributed by atoms with Gasteiger partial charge in [0, 0.05) is 29.5 Å². The number of halogens is 1. The van der Waals surface area contributed by atoms with Crippen molar-refractivity contribution in [3.63, 3.8) is 0 Å². The van der Waals surface area contributed by atoms with Crippen molar-refractivity contribution < 1.29 is 0 Å². The van der Waals surface area contributed by atoms with E-state index in [4.69, 9.17) is 0 Å². The Hall–Kier alpha value is -1.71. The smallest absolute Gasteiger partial charge is 0.0410 e. The Morgan fingerprint density at radius 3 is 2.76 bits per heavy atom. The molecule has 1 aromatic heterocycles. The van der Waals surface area contributed by atoms with E-state index in [-0.39, 0.29) is 6.04 Å². The molecule has 0 aliphatic carbocycles. The number of pyridine rings is 1. The molecule has 106 valence electrons. The van der Waals surface area contributed by atoms with Gasteiger partial charge in [0.15, 0.2) is 0 Å². The predicted molar refractivity (Wildman–Crippen MR) is 91.1 cm³/mol. The minimum atomic E-state index is 0.287. The van der Waals surface area contributed by atoms with E-state index in [2.05, 4.69) is 81.7 Å². The van der Waals surface area contributed by atoms with E-state index in [1.807, 2.05) is 6.20 Å². The van der Waals surface area contributed by atoms with E-state index in [1.165, 1.54) is 21.9 Å². The summed E-state index contributed by atoms with van der Waals surface area (Å²) in [4.78, 5) is 4.20. The van der Waals surface area contributed by atoms with Crippen LogP contribution >= 0.6 is 15.9 Å². The van der Waals surface area contributed by atoms with Crippen LogP contribution in [0.1, 0.15) is 24.1 Å². The fraction of sp³-hybridized carbons (Fsp3) is 0.167. The Morgan fingerprint density at radius 1 is 1.10 bits per heavy atom. The van der Waals surface area contributed by atoms with Crippen molar-refractivity contribution in [2.45, 2.75) is 19.5 Å². The molecule has 0 radical (unpaired) electrons. The second-order valence-corrected chi connectivity index (χ2v) is 6.10. The molecule has 0 saturated heterocycles. The molecule has 2 nitrogen and oxygen atoms in total. The van der Waals surface area contributed by atoms with Crippen LogP contribution < -0.4 is 5.32 Å². The summed E-state index contributed by atoms with van der Waals surface area (Å²) in [5, 5.41) is 6.17. The Bertz CT molecular complexity index is 750. The number of benzene rings is 2. The number of hydrogen-bond acceptors (Lipinski definition) is 2. The highest BCUT2D eigenvalue weighted by molar-refractivity contribution is 9.10. The minimum Gasteiger partial charge on any atom is -0.306 e. The van der Waals surface area contributed by atoms with Gasteiger partial charge < -0.3 is 5.32 Å². The number of nitrogens with one attached hydrogen (secondary N) is 1. The van der Waals surface area contributed by atoms with Gasteiger partial charge in [-0.2, -0.15) is 0 Å². The van der Waals surface area contributed by atoms with Gasteiger partial charge in [-0.1, -0.05) is 42.5 Å². The Kier molecular flexibility index (Phi) is 4.32. The third-order valence-corrected chi connectivity index (χ3v) is 4.10. The molecule has 0 aliphatic heterocycles. The van der Waals surface area contributed by atoms with Gasteiger partial charge in [-0.3, -0.25) is 4.98 Å². The van der Waals surface area contributed by atoms with Crippen LogP contribution in [-0.2, 0) is 6.54 Å². The highest BCUT2D eigenvalue weighted by Crippen LogP contribution is 2.24. The topological polar surface area (TPSA) is 24.9 Å². The Balaban J connectivity index is 1.79. The van der Waals surface area contributed by atoms with Crippen LogP contribution in [0.15, 0.2) is 65.4 Å². The first kappa shape index (κ1) is 14.2. The fourth-order valence-electron chi connectivity index (χ4n) is 2.56. The van der Waals surface area contributed by atoms with Crippen molar-refractivity contribution in [3.05, 3.63) is 76.5 Å². The van der Waals surface area contributed by atoms with Crippen LogP contribution in [0.5, 0.6) is 0 Å². The molecular weight excluding hydrogens is 324 g/mol. The first-order valence-electron chi connectivity index (χ1n) is 7.04. The summed E-state index contributed by atoms with van der Waals surface area (Å²) >= 11 is 3.46. The molecule has 0 aliphatic rings. The molecule has 1 unspecified atom stereocenters. The highest BCUT2D eigenvalue weighted by Gasteiger charge is 2.08. The lowest BCUT2D eigenvalue weighted by molar-refractivity contribution is 0.577. The third-order valence-electron chi connectivity index (χ3n) is 3.66. The summed E-state index contributed by atoms with van der Waals surface area (Å²) in [6.45, 7) is 3.00. The zero-order valence-electron chi connectivity index (χ0n) is 11.9. The molecule has 3 rings (SSSR count). The van der Waals surface area contributed by atoms with E-state index in [0.29, 0.717) is 0 Å². The second-order valence-electron chi connectivity index (χ2n) is 5.18. The van der Waals surface area contributed by atoms with Crippen molar-refractivity contribution in [3.8, 4) is 0 Å². The van der Waals surface area contributed by atoms with E-state index in [9.17, 15) is 0 Å². The summed E-state index contributed by atoms with van der Waals surface area (Å²) in [5.74, 6) is 0. The Labute approximate surface area is 133 Å². The van der Waals surface area contributed by atoms with E-state index < -0.39 is 0 Å². The van der Waals surface area contributed by atoms with Gasteiger partial charge in [-0.25, -0.2) is 0 Å². The van der Waals surface area contributed by atoms with Crippen LogP contribution in [0.2, 0.25) is 0 Å². The van der Waals surface area contributed by atoms with Crippen molar-refractivity contribution in [2.24, 2.45) is 0 Å². The van der Waals surface area contributed by atoms with Crippen LogP contribution in [0.4, 0.5) is 0 Å². The Morgan fingerprint density at radius 2 is 1.90 bits per heavy atom. The van der Waals surface area contributed by atoms with Crippen LogP contribution in [0.25, 0.3) is 10.8 Å². The molecule has 0 fully saturated rings. The zero-order chi connectivity index (χ0) is 14.7. The molecule has 1 N–H and O–H groups in total. The van der Waals surface area contributed by atoms with Crippen molar-refractivity contribution >= 4 is 26.7 Å². The maximum atomic E-state index is 4.20. The van der Waals surface area contributed by atoms with Gasteiger partial charge in [0.25, 0.3) is 0 Å². The van der Waals surface area contributed by atoms with Gasteiger partial charge in [-0.05, 0) is 50.8 Å². The third kappa shape index (κ3) is 3.31. The van der Waals surface area contributed by atoms with Gasteiger partial charge in [0.05, 0.1) is 0 Å². The summed E-state index contributed by atoms with van der Waals surface area (Å²) < 4.78 is 1.01. The number of rotatable bonds is 4. The SMILES string of the molecule is CC(NCc1cncc(Br)c1)c1cccc2ccccc12. The average molecular weight is 341 g/mol. The van der Waals surface area contributed by atoms with E-state index in [1.54, 1.807) is 6.20 Å². The molecule has 2 aromatic carbocycles. The normalized spacial score (nSPS) is 12.5. The lowest BCUT2D eigenvalue weighted by atomic mass is 9.99.